The lowest BCUT2D eigenvalue weighted by atomic mass is 9.51. The average molecular weight is 553 g/mol. The van der Waals surface area contributed by atoms with Gasteiger partial charge in [-0.3, -0.25) is 24.0 Å². The number of ketones is 1. The molecule has 0 spiro atoms. The quantitative estimate of drug-likeness (QED) is 0.131. The lowest BCUT2D eigenvalue weighted by Crippen LogP contribution is -2.54. The van der Waals surface area contributed by atoms with Gasteiger partial charge in [-0.2, -0.15) is 0 Å². The van der Waals surface area contributed by atoms with Gasteiger partial charge in [-0.05, 0) is 17.5 Å². The van der Waals surface area contributed by atoms with Gasteiger partial charge in [0.05, 0.1) is 24.2 Å². The van der Waals surface area contributed by atoms with E-state index in [4.69, 9.17) is 9.47 Å². The topological polar surface area (TPSA) is 104 Å². The number of fused-ring (bicyclic) bond motifs is 3. The Morgan fingerprint density at radius 1 is 0.775 bits per heavy atom. The highest BCUT2D eigenvalue weighted by atomic mass is 16.6. The molecule has 4 rings (SSSR count). The molecular formula is C33H44O7. The molecule has 40 heavy (non-hydrogen) atoms. The van der Waals surface area contributed by atoms with Crippen LogP contribution in [0.4, 0.5) is 0 Å². The van der Waals surface area contributed by atoms with Gasteiger partial charge in [0.25, 0.3) is 0 Å². The van der Waals surface area contributed by atoms with Gasteiger partial charge >= 0.3 is 23.9 Å². The van der Waals surface area contributed by atoms with Crippen molar-refractivity contribution in [1.29, 1.82) is 0 Å². The first-order chi connectivity index (χ1) is 19.3. The molecule has 2 fully saturated rings. The van der Waals surface area contributed by atoms with E-state index in [-0.39, 0.29) is 18.6 Å². The van der Waals surface area contributed by atoms with E-state index in [1.54, 1.807) is 31.2 Å². The molecule has 7 heteroatoms. The molecule has 0 aromatic heterocycles. The van der Waals surface area contributed by atoms with Crippen LogP contribution in [0.25, 0.3) is 0 Å². The molecule has 2 saturated heterocycles. The summed E-state index contributed by atoms with van der Waals surface area (Å²) in [6.07, 6.45) is 15.6. The maximum absolute atomic E-state index is 13.9. The molecule has 5 atom stereocenters. The number of hydrogen-bond donors (Lipinski definition) is 0. The van der Waals surface area contributed by atoms with Gasteiger partial charge in [-0.1, -0.05) is 115 Å². The summed E-state index contributed by atoms with van der Waals surface area (Å²) in [4.78, 5) is 64.7. The second kappa shape index (κ2) is 13.7. The number of cyclic esters (lactones) is 4. The highest BCUT2D eigenvalue weighted by molar-refractivity contribution is 6.05. The van der Waals surface area contributed by atoms with Crippen molar-refractivity contribution in [2.45, 2.75) is 121 Å². The van der Waals surface area contributed by atoms with E-state index in [1.807, 2.05) is 0 Å². The highest BCUT2D eigenvalue weighted by Crippen LogP contribution is 2.58. The fourth-order valence-corrected chi connectivity index (χ4v) is 7.31. The molecule has 0 saturated carbocycles. The Kier molecular flexibility index (Phi) is 10.3. The summed E-state index contributed by atoms with van der Waals surface area (Å²) in [6.45, 7) is 4.01. The van der Waals surface area contributed by atoms with Crippen LogP contribution in [0.15, 0.2) is 24.3 Å². The van der Waals surface area contributed by atoms with Crippen molar-refractivity contribution < 1.29 is 33.4 Å². The van der Waals surface area contributed by atoms with E-state index >= 15 is 0 Å². The summed E-state index contributed by atoms with van der Waals surface area (Å²) in [5.41, 5.74) is 0.0596. The maximum Gasteiger partial charge on any atom is 0.321 e. The molecular weight excluding hydrogens is 508 g/mol. The molecule has 0 radical (unpaired) electrons. The molecule has 0 amide bonds. The van der Waals surface area contributed by atoms with Gasteiger partial charge in [0.1, 0.15) is 5.78 Å². The van der Waals surface area contributed by atoms with Crippen molar-refractivity contribution in [3.63, 3.8) is 0 Å². The number of rotatable bonds is 16. The number of hydrogen-bond acceptors (Lipinski definition) is 7. The van der Waals surface area contributed by atoms with E-state index in [0.717, 1.165) is 19.3 Å². The minimum absolute atomic E-state index is 0.158. The number of carbonyl (C=O) groups is 5. The second-order valence-corrected chi connectivity index (χ2v) is 12.1. The SMILES string of the molecule is CCCCCCCCCCCCCCCC(=O)C1C2C(=O)OC(=O)C2c2ccccc2C1(C)C1CC(=O)OC1=O. The van der Waals surface area contributed by atoms with Gasteiger partial charge in [0.15, 0.2) is 0 Å². The number of ether oxygens (including phenoxy) is 2. The lowest BCUT2D eigenvalue weighted by Gasteiger charge is -2.47. The van der Waals surface area contributed by atoms with Crippen molar-refractivity contribution in [3.05, 3.63) is 35.4 Å². The minimum Gasteiger partial charge on any atom is -0.393 e. The molecule has 0 N–H and O–H groups in total. The molecule has 1 aliphatic carbocycles. The fourth-order valence-electron chi connectivity index (χ4n) is 7.31. The third-order valence-electron chi connectivity index (χ3n) is 9.43. The van der Waals surface area contributed by atoms with Gasteiger partial charge in [0.2, 0.25) is 0 Å². The van der Waals surface area contributed by atoms with Crippen molar-refractivity contribution in [2.75, 3.05) is 0 Å². The number of benzene rings is 1. The first kappa shape index (κ1) is 30.1. The molecule has 3 aliphatic rings. The first-order valence-corrected chi connectivity index (χ1v) is 15.4. The minimum atomic E-state index is -1.17. The molecule has 2 heterocycles. The summed E-state index contributed by atoms with van der Waals surface area (Å²) in [5.74, 6) is -6.62. The third-order valence-corrected chi connectivity index (χ3v) is 9.43. The summed E-state index contributed by atoms with van der Waals surface area (Å²) < 4.78 is 9.96. The van der Waals surface area contributed by atoms with Crippen LogP contribution in [-0.4, -0.2) is 29.7 Å². The summed E-state index contributed by atoms with van der Waals surface area (Å²) in [5, 5.41) is 0. The highest BCUT2D eigenvalue weighted by Gasteiger charge is 2.65. The van der Waals surface area contributed by atoms with E-state index in [2.05, 4.69) is 6.92 Å². The number of esters is 4. The molecule has 0 bridgehead atoms. The Balaban J connectivity index is 1.38. The second-order valence-electron chi connectivity index (χ2n) is 12.1. The number of unbranched alkanes of at least 4 members (excludes halogenated alkanes) is 12. The lowest BCUT2D eigenvalue weighted by molar-refractivity contribution is -0.158. The molecule has 1 aromatic rings. The van der Waals surface area contributed by atoms with E-state index in [0.29, 0.717) is 17.5 Å². The van der Waals surface area contributed by atoms with Gasteiger partial charge < -0.3 is 9.47 Å². The van der Waals surface area contributed by atoms with Crippen LogP contribution in [0, 0.1) is 17.8 Å². The standard InChI is InChI=1S/C33H44O7/c1-3-4-5-6-7-8-9-10-11-12-13-14-15-20-25(34)29-28-27(31(37)40-32(28)38)22-18-16-17-19-23(22)33(29,2)24-21-26(35)39-30(24)36/h16-19,24,27-29H,3-15,20-21H2,1-2H3. The third kappa shape index (κ3) is 6.23. The zero-order valence-electron chi connectivity index (χ0n) is 24.1. The summed E-state index contributed by atoms with van der Waals surface area (Å²) >= 11 is 0. The van der Waals surface area contributed by atoms with Crippen LogP contribution in [-0.2, 0) is 38.9 Å². The maximum atomic E-state index is 13.9. The zero-order valence-corrected chi connectivity index (χ0v) is 24.1. The van der Waals surface area contributed by atoms with E-state index < -0.39 is 53.0 Å². The predicted octanol–water partition coefficient (Wildman–Crippen LogP) is 6.50. The smallest absolute Gasteiger partial charge is 0.321 e. The van der Waals surface area contributed by atoms with Crippen LogP contribution in [0.2, 0.25) is 0 Å². The van der Waals surface area contributed by atoms with Gasteiger partial charge in [0, 0.05) is 17.8 Å². The Bertz CT molecular complexity index is 1110. The van der Waals surface area contributed by atoms with Gasteiger partial charge in [-0.25, -0.2) is 0 Å². The van der Waals surface area contributed by atoms with Crippen LogP contribution >= 0.6 is 0 Å². The van der Waals surface area contributed by atoms with Crippen molar-refractivity contribution >= 4 is 29.7 Å². The molecule has 2 aliphatic heterocycles. The Morgan fingerprint density at radius 2 is 1.35 bits per heavy atom. The fraction of sp³-hybridized carbons (Fsp3) is 0.667. The monoisotopic (exact) mass is 552 g/mol. The number of carbonyl (C=O) groups excluding carboxylic acids is 5. The Hall–Kier alpha value is -2.83. The molecule has 7 nitrogen and oxygen atoms in total. The Labute approximate surface area is 237 Å². The average Bonchev–Trinajstić information content (AvgIpc) is 3.43. The normalized spacial score (nSPS) is 27.4. The van der Waals surface area contributed by atoms with E-state index in [1.165, 1.54) is 57.8 Å². The number of Topliss-reactive ketones (excluding diaryl/α,β-unsaturated/α-hetero) is 1. The van der Waals surface area contributed by atoms with Crippen LogP contribution in [0.5, 0.6) is 0 Å². The van der Waals surface area contributed by atoms with Crippen LogP contribution < -0.4 is 0 Å². The van der Waals surface area contributed by atoms with Crippen molar-refractivity contribution in [3.8, 4) is 0 Å². The van der Waals surface area contributed by atoms with Crippen molar-refractivity contribution in [2.24, 2.45) is 17.8 Å². The van der Waals surface area contributed by atoms with Crippen LogP contribution in [0.3, 0.4) is 0 Å². The summed E-state index contributed by atoms with van der Waals surface area (Å²) in [7, 11) is 0. The first-order valence-electron chi connectivity index (χ1n) is 15.4. The van der Waals surface area contributed by atoms with E-state index in [9.17, 15) is 24.0 Å². The van der Waals surface area contributed by atoms with Crippen LogP contribution in [0.1, 0.15) is 127 Å². The molecule has 218 valence electrons. The largest absolute Gasteiger partial charge is 0.393 e. The molecule has 1 aromatic carbocycles. The summed E-state index contributed by atoms with van der Waals surface area (Å²) in [6, 6.07) is 7.10. The Morgan fingerprint density at radius 3 is 1.93 bits per heavy atom. The predicted molar refractivity (Wildman–Crippen MR) is 149 cm³/mol. The van der Waals surface area contributed by atoms with Crippen molar-refractivity contribution in [1.82, 2.24) is 0 Å². The molecule has 5 unspecified atom stereocenters. The zero-order chi connectivity index (χ0) is 28.7. The van der Waals surface area contributed by atoms with Gasteiger partial charge in [-0.15, -0.1) is 0 Å².